The fraction of sp³-hybridized carbons (Fsp3) is 0.0833. The van der Waals surface area contributed by atoms with Gasteiger partial charge in [0.1, 0.15) is 0 Å². The molecule has 11 nitrogen and oxygen atoms in total. The number of amides is 2. The summed E-state index contributed by atoms with van der Waals surface area (Å²) in [5, 5.41) is 2.93. The summed E-state index contributed by atoms with van der Waals surface area (Å²) < 4.78 is 26.8. The summed E-state index contributed by atoms with van der Waals surface area (Å²) in [5.41, 5.74) is 6.05. The maximum absolute atomic E-state index is 13.3. The molecular weight excluding hydrogens is 486 g/mol. The van der Waals surface area contributed by atoms with Gasteiger partial charge in [0, 0.05) is 5.69 Å². The van der Waals surface area contributed by atoms with Crippen LogP contribution in [0.4, 0.5) is 16.4 Å². The van der Waals surface area contributed by atoms with Crippen molar-refractivity contribution in [2.24, 2.45) is 0 Å². The molecule has 36 heavy (non-hydrogen) atoms. The first-order valence-electron chi connectivity index (χ1n) is 10.7. The number of carbonyl (C=O) groups excluding carboxylic acids is 2. The zero-order chi connectivity index (χ0) is 25.7. The van der Waals surface area contributed by atoms with Crippen LogP contribution in [0.2, 0.25) is 0 Å². The SMILES string of the molecule is CCOC(=O)c1cccc(NC(=O)NNc2nc3ccccc3c(=O)n2-c2ccc(S(=O)O)cc2)c1. The number of ether oxygens (including phenoxy) is 1. The maximum Gasteiger partial charge on any atom is 0.338 e. The van der Waals surface area contributed by atoms with Crippen molar-refractivity contribution < 1.29 is 23.1 Å². The number of para-hydroxylation sites is 1. The third kappa shape index (κ3) is 5.40. The van der Waals surface area contributed by atoms with Crippen LogP contribution in [0.25, 0.3) is 16.6 Å². The Labute approximate surface area is 207 Å². The number of carbonyl (C=O) groups is 2. The molecule has 0 radical (unpaired) electrons. The van der Waals surface area contributed by atoms with Crippen LogP contribution < -0.4 is 21.7 Å². The summed E-state index contributed by atoms with van der Waals surface area (Å²) >= 11 is -2.17. The van der Waals surface area contributed by atoms with Gasteiger partial charge in [-0.15, -0.1) is 0 Å². The lowest BCUT2D eigenvalue weighted by Crippen LogP contribution is -2.36. The van der Waals surface area contributed by atoms with Crippen LogP contribution in [0, 0.1) is 0 Å². The van der Waals surface area contributed by atoms with E-state index in [-0.39, 0.29) is 23.0 Å². The van der Waals surface area contributed by atoms with Crippen LogP contribution in [0.5, 0.6) is 0 Å². The van der Waals surface area contributed by atoms with Crippen molar-refractivity contribution in [3.63, 3.8) is 0 Å². The van der Waals surface area contributed by atoms with Gasteiger partial charge >= 0.3 is 12.0 Å². The smallest absolute Gasteiger partial charge is 0.338 e. The van der Waals surface area contributed by atoms with E-state index in [1.807, 2.05) is 0 Å². The lowest BCUT2D eigenvalue weighted by atomic mass is 10.2. The second-order valence-electron chi connectivity index (χ2n) is 7.34. The molecular formula is C24H21N5O6S. The van der Waals surface area contributed by atoms with Crippen molar-refractivity contribution in [3.8, 4) is 5.69 Å². The van der Waals surface area contributed by atoms with Crippen LogP contribution >= 0.6 is 0 Å². The summed E-state index contributed by atoms with van der Waals surface area (Å²) in [5.74, 6) is -0.507. The van der Waals surface area contributed by atoms with Crippen LogP contribution in [-0.2, 0) is 15.8 Å². The summed E-state index contributed by atoms with van der Waals surface area (Å²) in [4.78, 5) is 42.3. The minimum atomic E-state index is -2.17. The van der Waals surface area contributed by atoms with E-state index in [9.17, 15) is 23.1 Å². The number of fused-ring (bicyclic) bond motifs is 1. The van der Waals surface area contributed by atoms with Gasteiger partial charge in [0.05, 0.1) is 33.7 Å². The Kier molecular flexibility index (Phi) is 7.37. The Morgan fingerprint density at radius 3 is 2.53 bits per heavy atom. The molecule has 0 saturated heterocycles. The van der Waals surface area contributed by atoms with Crippen molar-refractivity contribution >= 4 is 45.6 Å². The van der Waals surface area contributed by atoms with Gasteiger partial charge in [0.25, 0.3) is 5.56 Å². The topological polar surface area (TPSA) is 152 Å². The largest absolute Gasteiger partial charge is 0.462 e. The van der Waals surface area contributed by atoms with Gasteiger partial charge < -0.3 is 14.6 Å². The Morgan fingerprint density at radius 1 is 1.06 bits per heavy atom. The highest BCUT2D eigenvalue weighted by molar-refractivity contribution is 7.79. The number of rotatable bonds is 7. The summed E-state index contributed by atoms with van der Waals surface area (Å²) in [7, 11) is 0. The minimum Gasteiger partial charge on any atom is -0.462 e. The molecule has 0 aliphatic rings. The first-order chi connectivity index (χ1) is 17.4. The van der Waals surface area contributed by atoms with Crippen LogP contribution in [0.15, 0.2) is 82.5 Å². The first kappa shape index (κ1) is 24.6. The van der Waals surface area contributed by atoms with Gasteiger partial charge in [-0.05, 0) is 61.5 Å². The fourth-order valence-electron chi connectivity index (χ4n) is 3.38. The van der Waals surface area contributed by atoms with Crippen molar-refractivity contribution in [1.29, 1.82) is 0 Å². The minimum absolute atomic E-state index is 0.00648. The molecule has 1 unspecified atom stereocenters. The van der Waals surface area contributed by atoms with Gasteiger partial charge in [-0.25, -0.2) is 28.8 Å². The number of hydrogen-bond donors (Lipinski definition) is 4. The number of anilines is 2. The maximum atomic E-state index is 13.3. The molecule has 0 fully saturated rings. The fourth-order valence-corrected chi connectivity index (χ4v) is 3.75. The van der Waals surface area contributed by atoms with E-state index < -0.39 is 28.6 Å². The molecule has 12 heteroatoms. The highest BCUT2D eigenvalue weighted by atomic mass is 32.2. The molecule has 0 bridgehead atoms. The van der Waals surface area contributed by atoms with E-state index in [1.54, 1.807) is 49.4 Å². The van der Waals surface area contributed by atoms with E-state index in [0.29, 0.717) is 22.3 Å². The second-order valence-corrected chi connectivity index (χ2v) is 8.31. The Morgan fingerprint density at radius 2 is 1.81 bits per heavy atom. The Balaban J connectivity index is 1.60. The summed E-state index contributed by atoms with van der Waals surface area (Å²) in [6.45, 7) is 1.92. The third-order valence-corrected chi connectivity index (χ3v) is 5.67. The Bertz CT molecular complexity index is 1520. The molecule has 0 saturated carbocycles. The molecule has 4 aromatic rings. The molecule has 4 rings (SSSR count). The number of benzene rings is 3. The van der Waals surface area contributed by atoms with Crippen LogP contribution in [0.1, 0.15) is 17.3 Å². The van der Waals surface area contributed by atoms with Gasteiger partial charge in [0.15, 0.2) is 11.1 Å². The standard InChI is InChI=1S/C24H21N5O6S/c1-2-35-22(31)15-6-5-7-16(14-15)25-24(32)28-27-23-26-20-9-4-3-8-19(20)21(30)29(23)17-10-12-18(13-11-17)36(33)34/h3-14H,2H2,1H3,(H,26,27)(H,33,34)(H2,25,28,32). The molecule has 3 aromatic carbocycles. The van der Waals surface area contributed by atoms with Gasteiger partial charge in [-0.3, -0.25) is 10.2 Å². The third-order valence-electron chi connectivity index (χ3n) is 4.99. The highest BCUT2D eigenvalue weighted by Gasteiger charge is 2.14. The zero-order valence-corrected chi connectivity index (χ0v) is 19.7. The van der Waals surface area contributed by atoms with Crippen LogP contribution in [-0.4, -0.2) is 36.9 Å². The molecule has 0 aliphatic heterocycles. The van der Waals surface area contributed by atoms with E-state index in [2.05, 4.69) is 21.2 Å². The van der Waals surface area contributed by atoms with Crippen LogP contribution in [0.3, 0.4) is 0 Å². The quantitative estimate of drug-likeness (QED) is 0.169. The first-order valence-corrected chi connectivity index (χ1v) is 11.8. The zero-order valence-electron chi connectivity index (χ0n) is 18.9. The molecule has 1 atom stereocenters. The number of aromatic nitrogens is 2. The predicted octanol–water partition coefficient (Wildman–Crippen LogP) is 3.29. The number of urea groups is 1. The molecule has 4 N–H and O–H groups in total. The number of nitrogens with one attached hydrogen (secondary N) is 3. The molecule has 1 aromatic heterocycles. The average Bonchev–Trinajstić information content (AvgIpc) is 2.88. The lowest BCUT2D eigenvalue weighted by molar-refractivity contribution is 0.0526. The summed E-state index contributed by atoms with van der Waals surface area (Å²) in [6.07, 6.45) is 0. The summed E-state index contributed by atoms with van der Waals surface area (Å²) in [6, 6.07) is 18.1. The molecule has 184 valence electrons. The monoisotopic (exact) mass is 507 g/mol. The number of hydrogen-bond acceptors (Lipinski definition) is 7. The van der Waals surface area contributed by atoms with Crippen molar-refractivity contribution in [3.05, 3.63) is 88.7 Å². The van der Waals surface area contributed by atoms with Gasteiger partial charge in [-0.2, -0.15) is 0 Å². The van der Waals surface area contributed by atoms with E-state index >= 15 is 0 Å². The number of nitrogens with zero attached hydrogens (tertiary/aromatic N) is 2. The van der Waals surface area contributed by atoms with E-state index in [0.717, 1.165) is 0 Å². The molecule has 1 heterocycles. The highest BCUT2D eigenvalue weighted by Crippen LogP contribution is 2.17. The predicted molar refractivity (Wildman–Crippen MR) is 135 cm³/mol. The molecule has 0 spiro atoms. The second kappa shape index (κ2) is 10.8. The lowest BCUT2D eigenvalue weighted by Gasteiger charge is -2.16. The number of esters is 1. The average molecular weight is 508 g/mol. The molecule has 2 amide bonds. The van der Waals surface area contributed by atoms with Crippen molar-refractivity contribution in [2.75, 3.05) is 17.3 Å². The Hall–Kier alpha value is -4.55. The van der Waals surface area contributed by atoms with E-state index in [1.165, 1.54) is 34.9 Å². The van der Waals surface area contributed by atoms with E-state index in [4.69, 9.17) is 4.74 Å². The van der Waals surface area contributed by atoms with Crippen molar-refractivity contribution in [2.45, 2.75) is 11.8 Å². The van der Waals surface area contributed by atoms with Crippen molar-refractivity contribution in [1.82, 2.24) is 15.0 Å². The normalized spacial score (nSPS) is 11.5. The van der Waals surface area contributed by atoms with Gasteiger partial charge in [0.2, 0.25) is 5.95 Å². The number of hydrazine groups is 1. The van der Waals surface area contributed by atoms with Gasteiger partial charge in [-0.1, -0.05) is 18.2 Å². The molecule has 0 aliphatic carbocycles.